The molecule has 0 saturated heterocycles. The van der Waals surface area contributed by atoms with Crippen LogP contribution < -0.4 is 16.6 Å². The number of nitrogens with one attached hydrogen (secondary N) is 2. The second-order valence-corrected chi connectivity index (χ2v) is 5.28. The third-order valence-electron chi connectivity index (χ3n) is 3.65. The highest BCUT2D eigenvalue weighted by molar-refractivity contribution is 6.03. The molecule has 2 aromatic carbocycles. The number of aromatic amines is 1. The molecule has 0 fully saturated rings. The van der Waals surface area contributed by atoms with Gasteiger partial charge in [-0.25, -0.2) is 4.79 Å². The van der Waals surface area contributed by atoms with Crippen molar-refractivity contribution in [1.82, 2.24) is 9.55 Å². The van der Waals surface area contributed by atoms with Crippen LogP contribution in [-0.2, 0) is 11.3 Å². The van der Waals surface area contributed by atoms with E-state index in [1.54, 1.807) is 36.4 Å². The molecule has 24 heavy (non-hydrogen) atoms. The standard InChI is InChI=1S/C17H15N3O4/c21-14-6-2-3-11-12(14)4-1-5-13(11)18-15(22)7-9-20-10-8-16(23)19-17(20)24/h1-6,8,10,21H,7,9H2,(H,18,22)(H,19,23,24). The smallest absolute Gasteiger partial charge is 0.328 e. The molecule has 1 aromatic heterocycles. The fourth-order valence-electron chi connectivity index (χ4n) is 2.46. The average molecular weight is 325 g/mol. The normalized spacial score (nSPS) is 10.7. The van der Waals surface area contributed by atoms with E-state index in [2.05, 4.69) is 10.3 Å². The lowest BCUT2D eigenvalue weighted by molar-refractivity contribution is -0.116. The molecule has 1 heterocycles. The molecule has 3 aromatic rings. The quantitative estimate of drug-likeness (QED) is 0.675. The highest BCUT2D eigenvalue weighted by Crippen LogP contribution is 2.29. The van der Waals surface area contributed by atoms with Crippen molar-refractivity contribution in [1.29, 1.82) is 0 Å². The fourth-order valence-corrected chi connectivity index (χ4v) is 2.46. The topological polar surface area (TPSA) is 104 Å². The molecular formula is C17H15N3O4. The van der Waals surface area contributed by atoms with Gasteiger partial charge >= 0.3 is 5.69 Å². The number of carbonyl (C=O) groups excluding carboxylic acids is 1. The lowest BCUT2D eigenvalue weighted by Crippen LogP contribution is -2.29. The minimum Gasteiger partial charge on any atom is -0.507 e. The summed E-state index contributed by atoms with van der Waals surface area (Å²) in [4.78, 5) is 36.8. The van der Waals surface area contributed by atoms with E-state index < -0.39 is 11.2 Å². The van der Waals surface area contributed by atoms with Crippen LogP contribution in [-0.4, -0.2) is 20.6 Å². The molecule has 0 aliphatic rings. The predicted octanol–water partition coefficient (Wildman–Crippen LogP) is 1.42. The van der Waals surface area contributed by atoms with Crippen molar-refractivity contribution in [3.8, 4) is 5.75 Å². The van der Waals surface area contributed by atoms with Gasteiger partial charge in [0.2, 0.25) is 5.91 Å². The number of phenols is 1. The Kier molecular flexibility index (Phi) is 4.15. The lowest BCUT2D eigenvalue weighted by atomic mass is 10.1. The summed E-state index contributed by atoms with van der Waals surface area (Å²) in [6, 6.07) is 11.6. The Hall–Kier alpha value is -3.35. The third kappa shape index (κ3) is 3.19. The molecule has 0 radical (unpaired) electrons. The zero-order valence-electron chi connectivity index (χ0n) is 12.7. The maximum Gasteiger partial charge on any atom is 0.328 e. The molecule has 0 saturated carbocycles. The largest absolute Gasteiger partial charge is 0.507 e. The summed E-state index contributed by atoms with van der Waals surface area (Å²) in [5.74, 6) is -0.132. The molecule has 7 nitrogen and oxygen atoms in total. The zero-order chi connectivity index (χ0) is 17.1. The number of phenolic OH excluding ortho intramolecular Hbond substituents is 1. The maximum absolute atomic E-state index is 12.1. The van der Waals surface area contributed by atoms with Gasteiger partial charge in [0.15, 0.2) is 0 Å². The van der Waals surface area contributed by atoms with E-state index in [1.165, 1.54) is 16.8 Å². The molecule has 7 heteroatoms. The van der Waals surface area contributed by atoms with Gasteiger partial charge in [-0.1, -0.05) is 24.3 Å². The van der Waals surface area contributed by atoms with E-state index in [-0.39, 0.29) is 24.6 Å². The second kappa shape index (κ2) is 6.41. The number of hydrogen-bond acceptors (Lipinski definition) is 4. The number of nitrogens with zero attached hydrogens (tertiary/aromatic N) is 1. The number of fused-ring (bicyclic) bond motifs is 1. The Labute approximate surface area is 136 Å². The molecule has 0 aliphatic carbocycles. The van der Waals surface area contributed by atoms with Crippen LogP contribution in [0.25, 0.3) is 10.8 Å². The second-order valence-electron chi connectivity index (χ2n) is 5.28. The Morgan fingerprint density at radius 1 is 1.08 bits per heavy atom. The van der Waals surface area contributed by atoms with Crippen LogP contribution in [0.3, 0.4) is 0 Å². The molecule has 0 spiro atoms. The summed E-state index contributed by atoms with van der Waals surface area (Å²) in [6.45, 7) is 0.150. The van der Waals surface area contributed by atoms with Crippen molar-refractivity contribution in [2.45, 2.75) is 13.0 Å². The van der Waals surface area contributed by atoms with Crippen LogP contribution >= 0.6 is 0 Å². The lowest BCUT2D eigenvalue weighted by Gasteiger charge is -2.10. The van der Waals surface area contributed by atoms with Crippen LogP contribution in [0.1, 0.15) is 6.42 Å². The Morgan fingerprint density at radius 3 is 2.62 bits per heavy atom. The van der Waals surface area contributed by atoms with E-state index in [9.17, 15) is 19.5 Å². The summed E-state index contributed by atoms with van der Waals surface area (Å²) in [5, 5.41) is 14.0. The molecule has 0 unspecified atom stereocenters. The summed E-state index contributed by atoms with van der Waals surface area (Å²) < 4.78 is 1.26. The number of aromatic hydroxyl groups is 1. The maximum atomic E-state index is 12.1. The van der Waals surface area contributed by atoms with Crippen molar-refractivity contribution >= 4 is 22.4 Å². The highest BCUT2D eigenvalue weighted by Gasteiger charge is 2.08. The minimum atomic E-state index is -0.551. The van der Waals surface area contributed by atoms with E-state index in [0.717, 1.165) is 5.39 Å². The first-order valence-corrected chi connectivity index (χ1v) is 7.35. The first kappa shape index (κ1) is 15.5. The van der Waals surface area contributed by atoms with Gasteiger partial charge < -0.3 is 15.0 Å². The highest BCUT2D eigenvalue weighted by atomic mass is 16.3. The van der Waals surface area contributed by atoms with Gasteiger partial charge in [-0.15, -0.1) is 0 Å². The number of rotatable bonds is 4. The first-order valence-electron chi connectivity index (χ1n) is 7.35. The predicted molar refractivity (Wildman–Crippen MR) is 90.2 cm³/mol. The fraction of sp³-hybridized carbons (Fsp3) is 0.118. The van der Waals surface area contributed by atoms with Gasteiger partial charge in [0.05, 0.1) is 0 Å². The van der Waals surface area contributed by atoms with Crippen molar-refractivity contribution in [3.05, 3.63) is 69.5 Å². The van der Waals surface area contributed by atoms with Gasteiger partial charge in [-0.3, -0.25) is 14.6 Å². The summed E-state index contributed by atoms with van der Waals surface area (Å²) >= 11 is 0. The van der Waals surface area contributed by atoms with E-state index in [0.29, 0.717) is 11.1 Å². The van der Waals surface area contributed by atoms with Gasteiger partial charge in [0.1, 0.15) is 5.75 Å². The Bertz CT molecular complexity index is 1020. The van der Waals surface area contributed by atoms with Crippen LogP contribution in [0.15, 0.2) is 58.3 Å². The molecule has 0 bridgehead atoms. The molecule has 3 rings (SSSR count). The number of hydrogen-bond donors (Lipinski definition) is 3. The average Bonchev–Trinajstić information content (AvgIpc) is 2.55. The SMILES string of the molecule is O=C(CCn1ccc(=O)[nH]c1=O)Nc1cccc2c(O)cccc12. The number of carbonyl (C=O) groups is 1. The van der Waals surface area contributed by atoms with Crippen LogP contribution in [0.4, 0.5) is 5.69 Å². The monoisotopic (exact) mass is 325 g/mol. The van der Waals surface area contributed by atoms with Crippen molar-refractivity contribution in [2.24, 2.45) is 0 Å². The van der Waals surface area contributed by atoms with Gasteiger partial charge in [-0.05, 0) is 12.1 Å². The number of aryl methyl sites for hydroxylation is 1. The van der Waals surface area contributed by atoms with Crippen LogP contribution in [0, 0.1) is 0 Å². The van der Waals surface area contributed by atoms with Crippen molar-refractivity contribution in [2.75, 3.05) is 5.32 Å². The van der Waals surface area contributed by atoms with E-state index in [1.807, 2.05) is 0 Å². The molecule has 0 atom stereocenters. The van der Waals surface area contributed by atoms with E-state index in [4.69, 9.17) is 0 Å². The summed E-state index contributed by atoms with van der Waals surface area (Å²) in [6.07, 6.45) is 1.42. The molecular weight excluding hydrogens is 310 g/mol. The number of aromatic nitrogens is 2. The molecule has 1 amide bonds. The minimum absolute atomic E-state index is 0.0706. The van der Waals surface area contributed by atoms with Gasteiger partial charge in [-0.2, -0.15) is 0 Å². The summed E-state index contributed by atoms with van der Waals surface area (Å²) in [7, 11) is 0. The number of benzene rings is 2. The Balaban J connectivity index is 1.75. The van der Waals surface area contributed by atoms with Crippen molar-refractivity contribution < 1.29 is 9.90 Å². The first-order chi connectivity index (χ1) is 11.5. The van der Waals surface area contributed by atoms with Gasteiger partial charge in [0.25, 0.3) is 5.56 Å². The number of anilines is 1. The molecule has 3 N–H and O–H groups in total. The molecule has 122 valence electrons. The van der Waals surface area contributed by atoms with Crippen LogP contribution in [0.2, 0.25) is 0 Å². The number of H-pyrrole nitrogens is 1. The number of amides is 1. The third-order valence-corrected chi connectivity index (χ3v) is 3.65. The Morgan fingerprint density at radius 2 is 1.83 bits per heavy atom. The van der Waals surface area contributed by atoms with Crippen LogP contribution in [0.5, 0.6) is 5.75 Å². The van der Waals surface area contributed by atoms with Crippen molar-refractivity contribution in [3.63, 3.8) is 0 Å². The van der Waals surface area contributed by atoms with Gasteiger partial charge in [0, 0.05) is 41.7 Å². The summed E-state index contributed by atoms with van der Waals surface area (Å²) in [5.41, 5.74) is -0.441. The zero-order valence-corrected chi connectivity index (χ0v) is 12.7. The van der Waals surface area contributed by atoms with E-state index >= 15 is 0 Å². The molecule has 0 aliphatic heterocycles.